The van der Waals surface area contributed by atoms with Crippen LogP contribution < -0.4 is 5.73 Å². The molecule has 0 spiro atoms. The van der Waals surface area contributed by atoms with Crippen molar-refractivity contribution in [3.8, 4) is 0 Å². The van der Waals surface area contributed by atoms with Gasteiger partial charge in [0, 0.05) is 7.11 Å². The summed E-state index contributed by atoms with van der Waals surface area (Å²) in [4.78, 5) is 0. The maximum Gasteiger partial charge on any atom is 0.0936 e. The molecule has 5 heavy (non-hydrogen) atoms. The van der Waals surface area contributed by atoms with Gasteiger partial charge in [0.1, 0.15) is 0 Å². The van der Waals surface area contributed by atoms with Crippen LogP contribution in [0.3, 0.4) is 0 Å². The van der Waals surface area contributed by atoms with Gasteiger partial charge in [-0.15, -0.1) is 0 Å². The highest BCUT2D eigenvalue weighted by Crippen LogP contribution is 1.40. The molecule has 0 fully saturated rings. The topological polar surface area (TPSA) is 35.2 Å². The summed E-state index contributed by atoms with van der Waals surface area (Å²) in [6.07, 6.45) is 0. The van der Waals surface area contributed by atoms with E-state index in [9.17, 15) is 0 Å². The molecular weight excluding hydrogens is 66.0 g/mol. The quantitative estimate of drug-likeness (QED) is 0.453. The summed E-state index contributed by atoms with van der Waals surface area (Å²) >= 11 is 0. The van der Waals surface area contributed by atoms with Crippen LogP contribution in [0.4, 0.5) is 0 Å². The molecule has 0 amide bonds. The predicted octanol–water partition coefficient (Wildman–Crippen LogP) is 0.185. The summed E-state index contributed by atoms with van der Waals surface area (Å²) < 4.78 is 4.32. The fourth-order valence-electron chi connectivity index (χ4n) is 0. The van der Waals surface area contributed by atoms with Gasteiger partial charge in [-0.05, 0) is 0 Å². The lowest BCUT2D eigenvalue weighted by Gasteiger charge is -1.77. The molecule has 2 nitrogen and oxygen atoms in total. The normalized spacial score (nSPS) is 6.00. The van der Waals surface area contributed by atoms with Gasteiger partial charge in [0.2, 0.25) is 0 Å². The van der Waals surface area contributed by atoms with Crippen molar-refractivity contribution < 1.29 is 4.74 Å². The Morgan fingerprint density at radius 1 is 1.80 bits per heavy atom. The Labute approximate surface area is 32.9 Å². The highest BCUT2D eigenvalue weighted by atomic mass is 16.5. The molecule has 0 aliphatic rings. The summed E-state index contributed by atoms with van der Waals surface area (Å²) in [6.45, 7) is 0.319. The average Bonchev–Trinajstić information content (AvgIpc) is 1.37. The molecule has 0 aromatic rings. The van der Waals surface area contributed by atoms with Crippen LogP contribution >= 0.6 is 0 Å². The van der Waals surface area contributed by atoms with Crippen molar-refractivity contribution in [2.75, 3.05) is 13.8 Å². The molecule has 0 aromatic heterocycles. The van der Waals surface area contributed by atoms with Gasteiger partial charge in [0.15, 0.2) is 0 Å². The van der Waals surface area contributed by atoms with Crippen molar-refractivity contribution in [3.05, 3.63) is 0 Å². The fourth-order valence-corrected chi connectivity index (χ4v) is 0. The molecule has 0 unspecified atom stereocenters. The third kappa shape index (κ3) is 17.1. The zero-order chi connectivity index (χ0) is 3.41. The standard InChI is InChI=1S/C2H7NO.CH4/c1-4-2-3;/h2-3H2,1H3;1H4. The van der Waals surface area contributed by atoms with E-state index in [0.717, 1.165) is 0 Å². The first-order valence-electron chi connectivity index (χ1n) is 1.11. The molecule has 0 bridgehead atoms. The first-order chi connectivity index (χ1) is 1.91. The lowest BCUT2D eigenvalue weighted by atomic mass is 11.3. The van der Waals surface area contributed by atoms with Crippen LogP contribution in [0.1, 0.15) is 7.43 Å². The zero-order valence-electron chi connectivity index (χ0n) is 2.69. The van der Waals surface area contributed by atoms with Crippen LogP contribution in [0.2, 0.25) is 0 Å². The Balaban J connectivity index is 0. The van der Waals surface area contributed by atoms with Crippen molar-refractivity contribution >= 4 is 0 Å². The van der Waals surface area contributed by atoms with Crippen LogP contribution in [-0.2, 0) is 4.74 Å². The van der Waals surface area contributed by atoms with Crippen LogP contribution in [0, 0.1) is 0 Å². The molecule has 34 valence electrons. The third-order valence-corrected chi connectivity index (χ3v) is 0.167. The van der Waals surface area contributed by atoms with E-state index in [1.807, 2.05) is 0 Å². The lowest BCUT2D eigenvalue weighted by Crippen LogP contribution is -1.98. The monoisotopic (exact) mass is 77.1 g/mol. The van der Waals surface area contributed by atoms with Crippen molar-refractivity contribution in [1.29, 1.82) is 0 Å². The second-order valence-corrected chi connectivity index (χ2v) is 0.455. The van der Waals surface area contributed by atoms with Crippen LogP contribution in [0.15, 0.2) is 0 Å². The molecule has 0 aliphatic carbocycles. The smallest absolute Gasteiger partial charge is 0.0936 e. The molecule has 0 aliphatic heterocycles. The molecule has 0 rings (SSSR count). The molecule has 0 saturated heterocycles. The number of methoxy groups -OCH3 is 1. The Bertz CT molecular complexity index is 8.85. The van der Waals surface area contributed by atoms with E-state index in [4.69, 9.17) is 5.73 Å². The number of hydrogen-bond donors (Lipinski definition) is 1. The van der Waals surface area contributed by atoms with Crippen molar-refractivity contribution in [2.45, 2.75) is 7.43 Å². The minimum Gasteiger partial charge on any atom is -0.370 e. The maximum absolute atomic E-state index is 4.81. The number of nitrogens with two attached hydrogens (primary N) is 1. The zero-order valence-corrected chi connectivity index (χ0v) is 2.69. The minimum absolute atomic E-state index is 0. The fraction of sp³-hybridized carbons (Fsp3) is 1.00. The lowest BCUT2D eigenvalue weighted by molar-refractivity contribution is 0.207. The largest absolute Gasteiger partial charge is 0.370 e. The number of ether oxygens (including phenoxy) is 1. The molecule has 2 heteroatoms. The van der Waals surface area contributed by atoms with Gasteiger partial charge >= 0.3 is 0 Å². The van der Waals surface area contributed by atoms with Crippen LogP contribution in [-0.4, -0.2) is 13.8 Å². The van der Waals surface area contributed by atoms with E-state index in [0.29, 0.717) is 6.73 Å². The molecule has 0 saturated carbocycles. The van der Waals surface area contributed by atoms with Gasteiger partial charge in [-0.25, -0.2) is 0 Å². The summed E-state index contributed by atoms with van der Waals surface area (Å²) in [5.41, 5.74) is 4.81. The number of rotatable bonds is 1. The molecule has 0 radical (unpaired) electrons. The number of hydrogen-bond acceptors (Lipinski definition) is 2. The summed E-state index contributed by atoms with van der Waals surface area (Å²) in [5.74, 6) is 0. The summed E-state index contributed by atoms with van der Waals surface area (Å²) in [6, 6.07) is 0. The van der Waals surface area contributed by atoms with Crippen molar-refractivity contribution in [2.24, 2.45) is 5.73 Å². The van der Waals surface area contributed by atoms with E-state index >= 15 is 0 Å². The van der Waals surface area contributed by atoms with Gasteiger partial charge in [0.05, 0.1) is 6.73 Å². The van der Waals surface area contributed by atoms with Crippen LogP contribution in [0.25, 0.3) is 0 Å². The second kappa shape index (κ2) is 9.07. The van der Waals surface area contributed by atoms with Gasteiger partial charge in [-0.1, -0.05) is 7.43 Å². The van der Waals surface area contributed by atoms with E-state index in [2.05, 4.69) is 4.74 Å². The first kappa shape index (κ1) is 8.87. The molecular formula is C3H11NO. The van der Waals surface area contributed by atoms with Gasteiger partial charge in [0.25, 0.3) is 0 Å². The van der Waals surface area contributed by atoms with Crippen molar-refractivity contribution in [3.63, 3.8) is 0 Å². The van der Waals surface area contributed by atoms with Gasteiger partial charge in [-0.3, -0.25) is 0 Å². The van der Waals surface area contributed by atoms with E-state index in [1.165, 1.54) is 0 Å². The Morgan fingerprint density at radius 3 is 2.00 bits per heavy atom. The van der Waals surface area contributed by atoms with Crippen LogP contribution in [0.5, 0.6) is 0 Å². The van der Waals surface area contributed by atoms with Gasteiger partial charge < -0.3 is 10.5 Å². The van der Waals surface area contributed by atoms with E-state index in [-0.39, 0.29) is 7.43 Å². The van der Waals surface area contributed by atoms with Crippen molar-refractivity contribution in [1.82, 2.24) is 0 Å². The third-order valence-electron chi connectivity index (χ3n) is 0.167. The molecule has 2 N–H and O–H groups in total. The van der Waals surface area contributed by atoms with Gasteiger partial charge in [-0.2, -0.15) is 0 Å². The minimum atomic E-state index is 0. The molecule has 0 heterocycles. The Morgan fingerprint density at radius 2 is 2.00 bits per heavy atom. The highest BCUT2D eigenvalue weighted by Gasteiger charge is 1.50. The highest BCUT2D eigenvalue weighted by molar-refractivity contribution is 3.89. The Kier molecular flexibility index (Phi) is 16.1. The average molecular weight is 77.1 g/mol. The maximum atomic E-state index is 4.81. The van der Waals surface area contributed by atoms with E-state index in [1.54, 1.807) is 7.11 Å². The molecule has 0 atom stereocenters. The predicted molar refractivity (Wildman–Crippen MR) is 22.8 cm³/mol. The first-order valence-corrected chi connectivity index (χ1v) is 1.11. The Hall–Kier alpha value is -0.0800. The second-order valence-electron chi connectivity index (χ2n) is 0.455. The SMILES string of the molecule is C.COCN. The van der Waals surface area contributed by atoms with E-state index < -0.39 is 0 Å². The summed E-state index contributed by atoms with van der Waals surface area (Å²) in [7, 11) is 1.56. The summed E-state index contributed by atoms with van der Waals surface area (Å²) in [5, 5.41) is 0. The molecule has 0 aromatic carbocycles.